The number of nitrogens with zero attached hydrogens (tertiary/aromatic N) is 1. The minimum Gasteiger partial charge on any atom is -0.496 e. The van der Waals surface area contributed by atoms with Crippen LogP contribution in [0.1, 0.15) is 24.2 Å². The molecule has 104 valence electrons. The first-order chi connectivity index (χ1) is 8.86. The van der Waals surface area contributed by atoms with Gasteiger partial charge in [0, 0.05) is 11.1 Å². The van der Waals surface area contributed by atoms with E-state index in [0.29, 0.717) is 16.3 Å². The van der Waals surface area contributed by atoms with E-state index in [1.54, 1.807) is 23.1 Å². The Kier molecular flexibility index (Phi) is 5.57. The van der Waals surface area contributed by atoms with Gasteiger partial charge in [-0.05, 0) is 32.0 Å². The number of carbonyl (C=O) groups excluding carboxylic acids is 1. The summed E-state index contributed by atoms with van der Waals surface area (Å²) in [6.45, 7) is 4.04. The zero-order chi connectivity index (χ0) is 14.6. The molecular formula is C13H17ClN2O2S. The van der Waals surface area contributed by atoms with E-state index in [0.717, 1.165) is 0 Å². The van der Waals surface area contributed by atoms with Crippen molar-refractivity contribution in [1.82, 2.24) is 4.90 Å². The van der Waals surface area contributed by atoms with Crippen molar-refractivity contribution in [3.63, 3.8) is 0 Å². The highest BCUT2D eigenvalue weighted by Gasteiger charge is 2.22. The summed E-state index contributed by atoms with van der Waals surface area (Å²) < 4.78 is 5.19. The highest BCUT2D eigenvalue weighted by Crippen LogP contribution is 2.25. The molecule has 4 nitrogen and oxygen atoms in total. The Labute approximate surface area is 123 Å². The standard InChI is InChI=1S/C13H17ClN2O2S/c1-8(2)16(7-12(15)19)13(17)10-5-4-9(14)6-11(10)18-3/h4-6,8H,7H2,1-3H3,(H2,15,19). The summed E-state index contributed by atoms with van der Waals surface area (Å²) in [6.07, 6.45) is 0. The van der Waals surface area contributed by atoms with E-state index in [-0.39, 0.29) is 23.5 Å². The molecular weight excluding hydrogens is 284 g/mol. The second-order valence-corrected chi connectivity index (χ2v) is 5.30. The van der Waals surface area contributed by atoms with Crippen molar-refractivity contribution in [2.24, 2.45) is 5.73 Å². The van der Waals surface area contributed by atoms with E-state index in [9.17, 15) is 4.79 Å². The number of nitrogens with two attached hydrogens (primary N) is 1. The van der Waals surface area contributed by atoms with Gasteiger partial charge in [0.25, 0.3) is 5.91 Å². The maximum absolute atomic E-state index is 12.5. The van der Waals surface area contributed by atoms with E-state index < -0.39 is 0 Å². The molecule has 1 aromatic carbocycles. The van der Waals surface area contributed by atoms with Crippen molar-refractivity contribution < 1.29 is 9.53 Å². The largest absolute Gasteiger partial charge is 0.496 e. The molecule has 0 aliphatic carbocycles. The van der Waals surface area contributed by atoms with Gasteiger partial charge in [-0.1, -0.05) is 23.8 Å². The van der Waals surface area contributed by atoms with Crippen LogP contribution < -0.4 is 10.5 Å². The van der Waals surface area contributed by atoms with E-state index in [1.807, 2.05) is 13.8 Å². The molecule has 0 radical (unpaired) electrons. The Hall–Kier alpha value is -1.33. The highest BCUT2D eigenvalue weighted by molar-refractivity contribution is 7.80. The van der Waals surface area contributed by atoms with Gasteiger partial charge >= 0.3 is 0 Å². The smallest absolute Gasteiger partial charge is 0.258 e. The molecule has 1 rings (SSSR count). The van der Waals surface area contributed by atoms with Crippen LogP contribution in [0.25, 0.3) is 0 Å². The van der Waals surface area contributed by atoms with Gasteiger partial charge in [-0.2, -0.15) is 0 Å². The lowest BCUT2D eigenvalue weighted by atomic mass is 10.1. The summed E-state index contributed by atoms with van der Waals surface area (Å²) in [7, 11) is 1.50. The number of hydrogen-bond donors (Lipinski definition) is 1. The molecule has 1 amide bonds. The molecule has 0 spiro atoms. The third kappa shape index (κ3) is 4.08. The third-order valence-corrected chi connectivity index (χ3v) is 2.97. The molecule has 0 fully saturated rings. The SMILES string of the molecule is COc1cc(Cl)ccc1C(=O)N(CC(N)=S)C(C)C. The second-order valence-electron chi connectivity index (χ2n) is 4.34. The zero-order valence-electron chi connectivity index (χ0n) is 11.1. The molecule has 2 N–H and O–H groups in total. The average Bonchev–Trinajstić information content (AvgIpc) is 2.34. The molecule has 0 atom stereocenters. The van der Waals surface area contributed by atoms with Crippen LogP contribution in [-0.2, 0) is 0 Å². The number of rotatable bonds is 5. The van der Waals surface area contributed by atoms with Gasteiger partial charge < -0.3 is 15.4 Å². The highest BCUT2D eigenvalue weighted by atomic mass is 35.5. The van der Waals surface area contributed by atoms with Crippen LogP contribution in [0.4, 0.5) is 0 Å². The molecule has 0 heterocycles. The van der Waals surface area contributed by atoms with Crippen molar-refractivity contribution in [3.8, 4) is 5.75 Å². The van der Waals surface area contributed by atoms with Crippen molar-refractivity contribution in [2.45, 2.75) is 19.9 Å². The summed E-state index contributed by atoms with van der Waals surface area (Å²) in [6, 6.07) is 4.87. The number of thiocarbonyl (C=S) groups is 1. The summed E-state index contributed by atoms with van der Waals surface area (Å²) in [5.41, 5.74) is 5.97. The van der Waals surface area contributed by atoms with Gasteiger partial charge in [0.15, 0.2) is 0 Å². The number of hydrogen-bond acceptors (Lipinski definition) is 3. The minimum atomic E-state index is -0.184. The molecule has 0 aromatic heterocycles. The van der Waals surface area contributed by atoms with Crippen LogP contribution >= 0.6 is 23.8 Å². The minimum absolute atomic E-state index is 0.0191. The number of methoxy groups -OCH3 is 1. The first-order valence-electron chi connectivity index (χ1n) is 5.79. The Bertz CT molecular complexity index is 492. The number of carbonyl (C=O) groups is 1. The van der Waals surface area contributed by atoms with E-state index >= 15 is 0 Å². The fourth-order valence-electron chi connectivity index (χ4n) is 1.65. The van der Waals surface area contributed by atoms with Gasteiger partial charge in [0.1, 0.15) is 5.75 Å². The fourth-order valence-corrected chi connectivity index (χ4v) is 1.95. The molecule has 0 aliphatic rings. The first kappa shape index (κ1) is 15.7. The van der Waals surface area contributed by atoms with Gasteiger partial charge in [-0.3, -0.25) is 4.79 Å². The van der Waals surface area contributed by atoms with Crippen LogP contribution in [0.15, 0.2) is 18.2 Å². The topological polar surface area (TPSA) is 55.6 Å². The fraction of sp³-hybridized carbons (Fsp3) is 0.385. The summed E-state index contributed by atoms with van der Waals surface area (Å²) >= 11 is 10.8. The second kappa shape index (κ2) is 6.73. The molecule has 19 heavy (non-hydrogen) atoms. The lowest BCUT2D eigenvalue weighted by Crippen LogP contribution is -2.42. The van der Waals surface area contributed by atoms with Gasteiger partial charge in [-0.15, -0.1) is 0 Å². The van der Waals surface area contributed by atoms with Gasteiger partial charge in [0.05, 0.1) is 24.2 Å². The predicted molar refractivity (Wildman–Crippen MR) is 81.0 cm³/mol. The summed E-state index contributed by atoms with van der Waals surface area (Å²) in [5, 5.41) is 0.513. The maximum Gasteiger partial charge on any atom is 0.258 e. The van der Waals surface area contributed by atoms with Crippen LogP contribution in [-0.4, -0.2) is 35.5 Å². The zero-order valence-corrected chi connectivity index (χ0v) is 12.7. The molecule has 0 unspecified atom stereocenters. The van der Waals surface area contributed by atoms with E-state index in [4.69, 9.17) is 34.3 Å². The lowest BCUT2D eigenvalue weighted by molar-refractivity contribution is 0.0733. The third-order valence-electron chi connectivity index (χ3n) is 2.60. The summed E-state index contributed by atoms with van der Waals surface area (Å²) in [5.74, 6) is 0.252. The Morgan fingerprint density at radius 2 is 2.16 bits per heavy atom. The number of ether oxygens (including phenoxy) is 1. The van der Waals surface area contributed by atoms with E-state index in [2.05, 4.69) is 0 Å². The van der Waals surface area contributed by atoms with Crippen molar-refractivity contribution in [1.29, 1.82) is 0 Å². The summed E-state index contributed by atoms with van der Waals surface area (Å²) in [4.78, 5) is 14.4. The van der Waals surface area contributed by atoms with Gasteiger partial charge in [0.2, 0.25) is 0 Å². The normalized spacial score (nSPS) is 10.4. The maximum atomic E-state index is 12.5. The van der Waals surface area contributed by atoms with Crippen molar-refractivity contribution in [3.05, 3.63) is 28.8 Å². The van der Waals surface area contributed by atoms with Crippen LogP contribution in [0.3, 0.4) is 0 Å². The predicted octanol–water partition coefficient (Wildman–Crippen LogP) is 2.49. The molecule has 6 heteroatoms. The van der Waals surface area contributed by atoms with Crippen LogP contribution in [0.2, 0.25) is 5.02 Å². The monoisotopic (exact) mass is 300 g/mol. The van der Waals surface area contributed by atoms with Crippen molar-refractivity contribution in [2.75, 3.05) is 13.7 Å². The number of amides is 1. The van der Waals surface area contributed by atoms with Crippen LogP contribution in [0, 0.1) is 0 Å². The lowest BCUT2D eigenvalue weighted by Gasteiger charge is -2.27. The Morgan fingerprint density at radius 1 is 1.53 bits per heavy atom. The molecule has 0 bridgehead atoms. The molecule has 0 saturated heterocycles. The first-order valence-corrected chi connectivity index (χ1v) is 6.58. The average molecular weight is 301 g/mol. The Balaban J connectivity index is 3.12. The quantitative estimate of drug-likeness (QED) is 0.849. The number of halogens is 1. The van der Waals surface area contributed by atoms with Gasteiger partial charge in [-0.25, -0.2) is 0 Å². The molecule has 0 saturated carbocycles. The van der Waals surface area contributed by atoms with Crippen molar-refractivity contribution >= 4 is 34.7 Å². The van der Waals surface area contributed by atoms with E-state index in [1.165, 1.54) is 7.11 Å². The number of benzene rings is 1. The Morgan fingerprint density at radius 3 is 2.63 bits per heavy atom. The molecule has 1 aromatic rings. The molecule has 0 aliphatic heterocycles. The van der Waals surface area contributed by atoms with Crippen LogP contribution in [0.5, 0.6) is 5.75 Å².